The molecule has 1 N–H and O–H groups in total. The summed E-state index contributed by atoms with van der Waals surface area (Å²) in [4.78, 5) is 25.2. The molecule has 1 atom stereocenters. The summed E-state index contributed by atoms with van der Waals surface area (Å²) in [5.41, 5.74) is 0.447. The zero-order valence-electron chi connectivity index (χ0n) is 12.8. The topological polar surface area (TPSA) is 85.6 Å². The Morgan fingerprint density at radius 2 is 2.04 bits per heavy atom. The fourth-order valence-corrected chi connectivity index (χ4v) is 3.48. The van der Waals surface area contributed by atoms with Gasteiger partial charge in [0.15, 0.2) is 5.82 Å². The minimum absolute atomic E-state index is 0.269. The Hall–Kier alpha value is -1.59. The Morgan fingerprint density at radius 3 is 2.72 bits per heavy atom. The maximum atomic E-state index is 12.5. The number of carbonyl (C=O) groups excluding carboxylic acids is 1. The molecule has 7 nitrogen and oxygen atoms in total. The van der Waals surface area contributed by atoms with Crippen LogP contribution in [0.5, 0.6) is 0 Å². The van der Waals surface area contributed by atoms with Gasteiger partial charge in [0.1, 0.15) is 0 Å². The number of benzene rings is 1. The largest absolute Gasteiger partial charge is 0.342 e. The molecule has 2 heterocycles. The minimum atomic E-state index is -0.412. The Bertz CT molecular complexity index is 899. The molecule has 1 amide bonds. The van der Waals surface area contributed by atoms with Crippen molar-refractivity contribution >= 4 is 56.0 Å². The first-order chi connectivity index (χ1) is 11.9. The van der Waals surface area contributed by atoms with Crippen molar-refractivity contribution in [3.05, 3.63) is 61.4 Å². The number of rotatable bonds is 4. The smallest absolute Gasteiger partial charge is 0.252 e. The van der Waals surface area contributed by atoms with Crippen LogP contribution in [0.1, 0.15) is 29.1 Å². The van der Waals surface area contributed by atoms with Gasteiger partial charge in [-0.05, 0) is 31.2 Å². The zero-order valence-corrected chi connectivity index (χ0v) is 17.3. The second kappa shape index (κ2) is 7.75. The fraction of sp³-hybridized carbons (Fsp3) is 0.133. The molecule has 1 aromatic carbocycles. The number of halogens is 3. The summed E-state index contributed by atoms with van der Waals surface area (Å²) in [7, 11) is 0. The van der Waals surface area contributed by atoms with Crippen LogP contribution in [-0.2, 0) is 0 Å². The molecule has 1 unspecified atom stereocenters. The Morgan fingerprint density at radius 1 is 1.32 bits per heavy atom. The van der Waals surface area contributed by atoms with Gasteiger partial charge in [0.05, 0.1) is 6.04 Å². The van der Waals surface area contributed by atoms with Gasteiger partial charge >= 0.3 is 0 Å². The van der Waals surface area contributed by atoms with Crippen LogP contribution in [0.2, 0.25) is 5.02 Å². The lowest BCUT2D eigenvalue weighted by Gasteiger charge is -2.14. The van der Waals surface area contributed by atoms with Crippen LogP contribution in [0.4, 0.5) is 0 Å². The minimum Gasteiger partial charge on any atom is -0.342 e. The molecule has 25 heavy (non-hydrogen) atoms. The van der Waals surface area contributed by atoms with Gasteiger partial charge in [0, 0.05) is 50.0 Å². The molecular formula is C15H11BrClIN6O. The van der Waals surface area contributed by atoms with Crippen molar-refractivity contribution < 1.29 is 4.79 Å². The van der Waals surface area contributed by atoms with E-state index in [9.17, 15) is 4.79 Å². The van der Waals surface area contributed by atoms with Gasteiger partial charge in [0.25, 0.3) is 11.9 Å². The van der Waals surface area contributed by atoms with Crippen LogP contribution in [0.3, 0.4) is 0 Å². The Balaban J connectivity index is 1.87. The van der Waals surface area contributed by atoms with Crippen LogP contribution in [0.15, 0.2) is 41.1 Å². The molecule has 0 bridgehead atoms. The summed E-state index contributed by atoms with van der Waals surface area (Å²) in [5.74, 6) is 0.652. The average Bonchev–Trinajstić information content (AvgIpc) is 2.97. The molecule has 0 saturated carbocycles. The van der Waals surface area contributed by atoms with Crippen molar-refractivity contribution in [2.75, 3.05) is 0 Å². The lowest BCUT2D eigenvalue weighted by Crippen LogP contribution is -2.29. The van der Waals surface area contributed by atoms with Gasteiger partial charge in [-0.25, -0.2) is 15.0 Å². The number of nitrogens with zero attached hydrogens (tertiary/aromatic N) is 5. The fourth-order valence-electron chi connectivity index (χ4n) is 2.16. The van der Waals surface area contributed by atoms with E-state index in [0.29, 0.717) is 26.2 Å². The SMILES string of the molecule is CC(NC(=O)c1cc(Cl)cc(Br)c1)c1nc(I)nn1-c1ncccn1. The summed E-state index contributed by atoms with van der Waals surface area (Å²) in [6.45, 7) is 1.82. The van der Waals surface area contributed by atoms with Crippen molar-refractivity contribution in [2.24, 2.45) is 0 Å². The molecule has 3 aromatic rings. The second-order valence-corrected chi connectivity index (χ2v) is 7.37. The molecular weight excluding hydrogens is 522 g/mol. The Labute approximate surface area is 170 Å². The van der Waals surface area contributed by atoms with Gasteiger partial charge in [0.2, 0.25) is 3.83 Å². The quantitative estimate of drug-likeness (QED) is 0.519. The van der Waals surface area contributed by atoms with E-state index in [1.807, 2.05) is 29.5 Å². The van der Waals surface area contributed by atoms with Crippen molar-refractivity contribution in [1.29, 1.82) is 0 Å². The predicted molar refractivity (Wildman–Crippen MR) is 105 cm³/mol. The second-order valence-electron chi connectivity index (χ2n) is 5.05. The van der Waals surface area contributed by atoms with E-state index in [4.69, 9.17) is 11.6 Å². The third kappa shape index (κ3) is 4.33. The van der Waals surface area contributed by atoms with Gasteiger partial charge in [-0.2, -0.15) is 4.68 Å². The summed E-state index contributed by atoms with van der Waals surface area (Å²) in [6, 6.07) is 6.32. The molecule has 0 aliphatic rings. The van der Waals surface area contributed by atoms with E-state index in [1.54, 1.807) is 36.7 Å². The van der Waals surface area contributed by atoms with Crippen molar-refractivity contribution in [3.63, 3.8) is 0 Å². The first kappa shape index (κ1) is 18.2. The van der Waals surface area contributed by atoms with E-state index in [-0.39, 0.29) is 5.91 Å². The van der Waals surface area contributed by atoms with E-state index in [1.165, 1.54) is 4.68 Å². The van der Waals surface area contributed by atoms with Crippen LogP contribution in [0.25, 0.3) is 5.95 Å². The monoisotopic (exact) mass is 532 g/mol. The highest BCUT2D eigenvalue weighted by atomic mass is 127. The molecule has 0 aliphatic carbocycles. The first-order valence-electron chi connectivity index (χ1n) is 7.11. The molecule has 2 aromatic heterocycles. The standard InChI is InChI=1S/C15H11BrClIN6O/c1-8(21-13(25)9-5-10(16)7-11(17)6-9)12-22-14(18)23-24(12)15-19-3-2-4-20-15/h2-8H,1H3,(H,21,25). The number of hydrogen-bond donors (Lipinski definition) is 1. The highest BCUT2D eigenvalue weighted by molar-refractivity contribution is 14.1. The van der Waals surface area contributed by atoms with E-state index < -0.39 is 6.04 Å². The lowest BCUT2D eigenvalue weighted by atomic mass is 10.2. The third-order valence-electron chi connectivity index (χ3n) is 3.21. The van der Waals surface area contributed by atoms with Crippen molar-refractivity contribution in [2.45, 2.75) is 13.0 Å². The molecule has 3 rings (SSSR count). The number of carbonyl (C=O) groups is 1. The van der Waals surface area contributed by atoms with Crippen LogP contribution < -0.4 is 5.32 Å². The van der Waals surface area contributed by atoms with Crippen LogP contribution in [-0.4, -0.2) is 30.6 Å². The van der Waals surface area contributed by atoms with Gasteiger partial charge < -0.3 is 5.32 Å². The highest BCUT2D eigenvalue weighted by Gasteiger charge is 2.20. The van der Waals surface area contributed by atoms with Gasteiger partial charge in [-0.15, -0.1) is 5.10 Å². The predicted octanol–water partition coefficient (Wildman–Crippen LogP) is 3.57. The number of aromatic nitrogens is 5. The first-order valence-corrected chi connectivity index (χ1v) is 9.36. The summed E-state index contributed by atoms with van der Waals surface area (Å²) < 4.78 is 2.78. The molecule has 128 valence electrons. The molecule has 0 fully saturated rings. The summed E-state index contributed by atoms with van der Waals surface area (Å²) in [6.07, 6.45) is 3.24. The summed E-state index contributed by atoms with van der Waals surface area (Å²) >= 11 is 11.3. The van der Waals surface area contributed by atoms with E-state index in [0.717, 1.165) is 4.47 Å². The molecule has 0 saturated heterocycles. The highest BCUT2D eigenvalue weighted by Crippen LogP contribution is 2.21. The Kier molecular flexibility index (Phi) is 5.64. The van der Waals surface area contributed by atoms with E-state index in [2.05, 4.69) is 41.3 Å². The molecule has 10 heteroatoms. The molecule has 0 spiro atoms. The van der Waals surface area contributed by atoms with E-state index >= 15 is 0 Å². The molecule has 0 aliphatic heterocycles. The summed E-state index contributed by atoms with van der Waals surface area (Å²) in [5, 5.41) is 7.66. The van der Waals surface area contributed by atoms with Crippen LogP contribution in [0, 0.1) is 3.83 Å². The maximum absolute atomic E-state index is 12.5. The normalized spacial score (nSPS) is 12.0. The van der Waals surface area contributed by atoms with Gasteiger partial charge in [-0.1, -0.05) is 27.5 Å². The number of nitrogens with one attached hydrogen (secondary N) is 1. The van der Waals surface area contributed by atoms with Crippen molar-refractivity contribution in [3.8, 4) is 5.95 Å². The zero-order chi connectivity index (χ0) is 18.0. The van der Waals surface area contributed by atoms with Gasteiger partial charge in [-0.3, -0.25) is 4.79 Å². The lowest BCUT2D eigenvalue weighted by molar-refractivity contribution is 0.0937. The maximum Gasteiger partial charge on any atom is 0.252 e. The number of amides is 1. The number of hydrogen-bond acceptors (Lipinski definition) is 5. The third-order valence-corrected chi connectivity index (χ3v) is 4.34. The van der Waals surface area contributed by atoms with Crippen molar-refractivity contribution in [1.82, 2.24) is 30.0 Å². The van der Waals surface area contributed by atoms with Crippen LogP contribution >= 0.6 is 50.1 Å². The average molecular weight is 534 g/mol. The molecule has 0 radical (unpaired) electrons.